The average Bonchev–Trinajstić information content (AvgIpc) is 3.30. The van der Waals surface area contributed by atoms with Crippen LogP contribution in [-0.2, 0) is 9.63 Å². The van der Waals surface area contributed by atoms with Crippen LogP contribution in [0.3, 0.4) is 0 Å². The van der Waals surface area contributed by atoms with Gasteiger partial charge in [0.2, 0.25) is 5.95 Å². The van der Waals surface area contributed by atoms with Gasteiger partial charge in [-0.3, -0.25) is 4.79 Å². The van der Waals surface area contributed by atoms with E-state index in [4.69, 9.17) is 23.2 Å². The third-order valence-corrected chi connectivity index (χ3v) is 6.86. The number of hydrogen-bond donors (Lipinski definition) is 1. The highest BCUT2D eigenvalue weighted by Crippen LogP contribution is 2.31. The van der Waals surface area contributed by atoms with Crippen molar-refractivity contribution >= 4 is 57.7 Å². The molecule has 1 aliphatic rings. The first-order valence-electron chi connectivity index (χ1n) is 11.7. The number of carbonyl (C=O) groups is 2. The molecule has 0 unspecified atom stereocenters. The summed E-state index contributed by atoms with van der Waals surface area (Å²) in [6.07, 6.45) is -3.56. The minimum Gasteiger partial charge on any atom is -0.362 e. The minimum absolute atomic E-state index is 0.0391. The molecular formula is C25H24Cl2F3N5O3. The van der Waals surface area contributed by atoms with Crippen molar-refractivity contribution < 1.29 is 27.6 Å². The Balaban J connectivity index is 1.49. The van der Waals surface area contributed by atoms with Crippen LogP contribution < -0.4 is 10.2 Å². The van der Waals surface area contributed by atoms with Gasteiger partial charge in [0.25, 0.3) is 5.91 Å². The summed E-state index contributed by atoms with van der Waals surface area (Å²) in [4.78, 5) is 40.2. The summed E-state index contributed by atoms with van der Waals surface area (Å²) in [6, 6.07) is 11.3. The number of hydroxylamine groups is 2. The molecule has 2 aromatic carbocycles. The molecule has 1 aromatic heterocycles. The van der Waals surface area contributed by atoms with E-state index in [0.29, 0.717) is 30.3 Å². The van der Waals surface area contributed by atoms with Crippen LogP contribution in [0.25, 0.3) is 10.9 Å². The molecule has 202 valence electrons. The van der Waals surface area contributed by atoms with E-state index in [1.807, 2.05) is 43.3 Å². The lowest BCUT2D eigenvalue weighted by Crippen LogP contribution is -2.41. The van der Waals surface area contributed by atoms with Crippen molar-refractivity contribution in [2.45, 2.75) is 31.5 Å². The van der Waals surface area contributed by atoms with E-state index < -0.39 is 18.1 Å². The van der Waals surface area contributed by atoms with Gasteiger partial charge in [-0.1, -0.05) is 35.3 Å². The molecule has 0 aliphatic heterocycles. The van der Waals surface area contributed by atoms with Gasteiger partial charge in [-0.15, -0.1) is 0 Å². The molecule has 1 aliphatic carbocycles. The average molecular weight is 570 g/mol. The van der Waals surface area contributed by atoms with Crippen LogP contribution in [0.1, 0.15) is 29.6 Å². The number of benzene rings is 2. The van der Waals surface area contributed by atoms with Crippen molar-refractivity contribution in [2.24, 2.45) is 5.92 Å². The van der Waals surface area contributed by atoms with Gasteiger partial charge < -0.3 is 15.1 Å². The summed E-state index contributed by atoms with van der Waals surface area (Å²) in [5.74, 6) is -2.52. The van der Waals surface area contributed by atoms with E-state index in [1.54, 1.807) is 0 Å². The smallest absolute Gasteiger partial charge is 0.362 e. The van der Waals surface area contributed by atoms with E-state index in [2.05, 4.69) is 20.1 Å². The first-order chi connectivity index (χ1) is 17.9. The topological polar surface area (TPSA) is 87.7 Å². The Morgan fingerprint density at radius 1 is 1.08 bits per heavy atom. The van der Waals surface area contributed by atoms with Gasteiger partial charge in [0.1, 0.15) is 5.82 Å². The molecule has 0 bridgehead atoms. The fourth-order valence-corrected chi connectivity index (χ4v) is 4.64. The minimum atomic E-state index is -5.27. The largest absolute Gasteiger partial charge is 0.493 e. The summed E-state index contributed by atoms with van der Waals surface area (Å²) in [5, 5.41) is 4.85. The molecule has 8 nitrogen and oxygen atoms in total. The number of nitrogens with zero attached hydrogens (tertiary/aromatic N) is 4. The molecule has 1 fully saturated rings. The highest BCUT2D eigenvalue weighted by atomic mass is 35.5. The van der Waals surface area contributed by atoms with Crippen molar-refractivity contribution in [1.82, 2.24) is 15.0 Å². The summed E-state index contributed by atoms with van der Waals surface area (Å²) >= 11 is 11.8. The van der Waals surface area contributed by atoms with Crippen LogP contribution in [-0.4, -0.2) is 59.8 Å². The fourth-order valence-electron chi connectivity index (χ4n) is 4.34. The quantitative estimate of drug-likeness (QED) is 0.378. The zero-order valence-corrected chi connectivity index (χ0v) is 21.9. The molecule has 3 aromatic rings. The first-order valence-corrected chi connectivity index (χ1v) is 12.4. The summed E-state index contributed by atoms with van der Waals surface area (Å²) in [7, 11) is 3.76. The number of aromatic nitrogens is 2. The fraction of sp³-hybridized carbons (Fsp3) is 0.360. The van der Waals surface area contributed by atoms with Gasteiger partial charge in [0.15, 0.2) is 0 Å². The molecule has 4 rings (SSSR count). The highest BCUT2D eigenvalue weighted by Gasteiger charge is 2.44. The number of alkyl halides is 3. The van der Waals surface area contributed by atoms with Crippen molar-refractivity contribution in [3.63, 3.8) is 0 Å². The zero-order chi connectivity index (χ0) is 27.6. The number of anilines is 2. The van der Waals surface area contributed by atoms with E-state index in [-0.39, 0.29) is 34.1 Å². The number of carbonyl (C=O) groups excluding carboxylic acids is 2. The Morgan fingerprint density at radius 2 is 1.82 bits per heavy atom. The predicted octanol–water partition coefficient (Wildman–Crippen LogP) is 5.75. The van der Waals surface area contributed by atoms with E-state index in [9.17, 15) is 22.8 Å². The first kappa shape index (κ1) is 27.7. The molecule has 2 atom stereocenters. The van der Waals surface area contributed by atoms with Gasteiger partial charge in [0, 0.05) is 31.1 Å². The molecule has 1 N–H and O–H groups in total. The Morgan fingerprint density at radius 3 is 2.50 bits per heavy atom. The third kappa shape index (κ3) is 6.39. The van der Waals surface area contributed by atoms with Crippen LogP contribution in [0.15, 0.2) is 42.5 Å². The van der Waals surface area contributed by atoms with Crippen LogP contribution in [0.5, 0.6) is 0 Å². The molecule has 13 heteroatoms. The number of rotatable bonds is 6. The lowest BCUT2D eigenvalue weighted by atomic mass is 10.1. The van der Waals surface area contributed by atoms with Crippen molar-refractivity contribution in [1.29, 1.82) is 0 Å². The second kappa shape index (κ2) is 11.2. The lowest BCUT2D eigenvalue weighted by Gasteiger charge is -2.25. The maximum absolute atomic E-state index is 13.0. The van der Waals surface area contributed by atoms with Crippen molar-refractivity contribution in [3.05, 3.63) is 58.1 Å². The maximum Gasteiger partial charge on any atom is 0.493 e. The number of amides is 1. The molecule has 38 heavy (non-hydrogen) atoms. The SMILES string of the molecule is CN(C)c1nc(N[C@H]2CC[C@@H](CN(OC(=O)C(F)(F)F)C(=O)c3ccc(Cl)c(Cl)c3)C2)nc2ccccc12. The van der Waals surface area contributed by atoms with Crippen molar-refractivity contribution in [3.8, 4) is 0 Å². The van der Waals surface area contributed by atoms with Crippen LogP contribution >= 0.6 is 23.2 Å². The summed E-state index contributed by atoms with van der Waals surface area (Å²) in [6.45, 7) is -0.236. The number of halogens is 5. The van der Waals surface area contributed by atoms with Gasteiger partial charge >= 0.3 is 12.1 Å². The molecule has 0 spiro atoms. The Hall–Kier alpha value is -3.31. The van der Waals surface area contributed by atoms with Gasteiger partial charge in [-0.05, 0) is 55.5 Å². The van der Waals surface area contributed by atoms with Gasteiger partial charge in [-0.2, -0.15) is 23.2 Å². The summed E-state index contributed by atoms with van der Waals surface area (Å²) in [5.41, 5.74) is 0.698. The lowest BCUT2D eigenvalue weighted by molar-refractivity contribution is -0.229. The van der Waals surface area contributed by atoms with Crippen LogP contribution in [0, 0.1) is 5.92 Å². The summed E-state index contributed by atoms with van der Waals surface area (Å²) < 4.78 is 38.8. The van der Waals surface area contributed by atoms with Crippen LogP contribution in [0.4, 0.5) is 24.9 Å². The zero-order valence-electron chi connectivity index (χ0n) is 20.4. The Labute approximate surface area is 226 Å². The van der Waals surface area contributed by atoms with Gasteiger partial charge in [-0.25, -0.2) is 9.78 Å². The number of nitrogens with one attached hydrogen (secondary N) is 1. The van der Waals surface area contributed by atoms with Gasteiger partial charge in [0.05, 0.1) is 22.1 Å². The predicted molar refractivity (Wildman–Crippen MR) is 138 cm³/mol. The second-order valence-corrected chi connectivity index (χ2v) is 9.99. The standard InChI is InChI=1S/C25H24Cl2F3N5O3/c1-34(2)21-17-5-3-4-6-20(17)32-24(33-21)31-16-9-7-14(11-16)13-35(38-23(37)25(28,29)30)22(36)15-8-10-18(26)19(27)12-15/h3-6,8,10,12,14,16H,7,9,11,13H2,1-2H3,(H,31,32,33)/t14-,16+/m1/s1. The van der Waals surface area contributed by atoms with E-state index in [1.165, 1.54) is 18.2 Å². The molecule has 0 saturated heterocycles. The third-order valence-electron chi connectivity index (χ3n) is 6.12. The molecule has 0 radical (unpaired) electrons. The van der Waals surface area contributed by atoms with Crippen LogP contribution in [0.2, 0.25) is 10.0 Å². The number of para-hydroxylation sites is 1. The number of hydrogen-bond acceptors (Lipinski definition) is 7. The monoisotopic (exact) mass is 569 g/mol. The molecule has 1 saturated carbocycles. The Kier molecular flexibility index (Phi) is 8.17. The van der Waals surface area contributed by atoms with E-state index >= 15 is 0 Å². The van der Waals surface area contributed by atoms with Crippen molar-refractivity contribution in [2.75, 3.05) is 30.9 Å². The number of fused-ring (bicyclic) bond motifs is 1. The van der Waals surface area contributed by atoms with E-state index in [0.717, 1.165) is 16.7 Å². The normalized spacial score (nSPS) is 17.3. The Bertz CT molecular complexity index is 1360. The molecular weight excluding hydrogens is 546 g/mol. The molecule has 1 heterocycles. The molecule has 1 amide bonds. The maximum atomic E-state index is 13.0. The highest BCUT2D eigenvalue weighted by molar-refractivity contribution is 6.42. The second-order valence-electron chi connectivity index (χ2n) is 9.17.